The van der Waals surface area contributed by atoms with Crippen LogP contribution in [-0.2, 0) is 5.41 Å². The summed E-state index contributed by atoms with van der Waals surface area (Å²) in [6.07, 6.45) is 0. The molecule has 0 unspecified atom stereocenters. The Hall–Kier alpha value is -6.44. The summed E-state index contributed by atoms with van der Waals surface area (Å²) in [5.41, 5.74) is 21.8. The third kappa shape index (κ3) is 3.10. The Kier molecular flexibility index (Phi) is 4.97. The van der Waals surface area contributed by atoms with E-state index in [9.17, 15) is 0 Å². The molecule has 0 saturated carbocycles. The molecule has 1 nitrogen and oxygen atoms in total. The fraction of sp³-hybridized carbons (Fsp3) is 0.0204. The first-order valence-corrected chi connectivity index (χ1v) is 17.5. The molecule has 230 valence electrons. The van der Waals surface area contributed by atoms with Crippen molar-refractivity contribution in [3.8, 4) is 61.3 Å². The maximum Gasteiger partial charge on any atom is 0.0725 e. The van der Waals surface area contributed by atoms with Crippen molar-refractivity contribution < 1.29 is 0 Å². The smallest absolute Gasteiger partial charge is 0.0725 e. The Balaban J connectivity index is 1.14. The molecule has 2 aliphatic carbocycles. The highest BCUT2D eigenvalue weighted by molar-refractivity contribution is 6.16. The van der Waals surface area contributed by atoms with E-state index < -0.39 is 0 Å². The minimum atomic E-state index is -0.356. The zero-order valence-electron chi connectivity index (χ0n) is 27.2. The monoisotopic (exact) mass is 631 g/mol. The van der Waals surface area contributed by atoms with E-state index in [4.69, 9.17) is 0 Å². The number of aromatic nitrogens is 1. The van der Waals surface area contributed by atoms with Gasteiger partial charge in [-0.25, -0.2) is 0 Å². The Morgan fingerprint density at radius 1 is 0.320 bits per heavy atom. The summed E-state index contributed by atoms with van der Waals surface area (Å²) < 4.78 is 2.50. The zero-order valence-corrected chi connectivity index (χ0v) is 27.2. The quantitative estimate of drug-likeness (QED) is 0.170. The molecular weight excluding hydrogens is 603 g/mol. The number of fused-ring (bicyclic) bond motifs is 18. The van der Waals surface area contributed by atoms with E-state index in [1.165, 1.54) is 105 Å². The van der Waals surface area contributed by atoms with Crippen molar-refractivity contribution in [2.75, 3.05) is 0 Å². The lowest BCUT2D eigenvalue weighted by atomic mass is 9.70. The molecule has 12 rings (SSSR count). The third-order valence-electron chi connectivity index (χ3n) is 11.8. The topological polar surface area (TPSA) is 4.93 Å². The van der Waals surface area contributed by atoms with Crippen molar-refractivity contribution in [2.24, 2.45) is 0 Å². The number of hydrogen-bond donors (Lipinski definition) is 0. The number of para-hydroxylation sites is 2. The van der Waals surface area contributed by atoms with Crippen LogP contribution in [0.4, 0.5) is 0 Å². The molecule has 0 fully saturated rings. The summed E-state index contributed by atoms with van der Waals surface area (Å²) >= 11 is 0. The molecule has 1 aliphatic heterocycles. The number of hydrogen-bond acceptors (Lipinski definition) is 0. The second-order valence-electron chi connectivity index (χ2n) is 14.0. The summed E-state index contributed by atoms with van der Waals surface area (Å²) in [5.74, 6) is 0. The molecule has 9 aromatic rings. The molecule has 1 heteroatoms. The molecule has 50 heavy (non-hydrogen) atoms. The summed E-state index contributed by atoms with van der Waals surface area (Å²) in [6.45, 7) is 0. The SMILES string of the molecule is c1ccc2c(c1)-c1cc(-c3ccc4c(c3)C3(c5ccccc5-c5ccccc53)c3ccccc3-4)ccc1-n1c3ccccc3c3cccc-2c31. The second-order valence-corrected chi connectivity index (χ2v) is 14.0. The maximum absolute atomic E-state index is 2.50. The van der Waals surface area contributed by atoms with Gasteiger partial charge >= 0.3 is 0 Å². The van der Waals surface area contributed by atoms with Crippen LogP contribution in [0.3, 0.4) is 0 Å². The predicted octanol–water partition coefficient (Wildman–Crippen LogP) is 12.4. The Morgan fingerprint density at radius 3 is 1.52 bits per heavy atom. The molecule has 3 aliphatic rings. The van der Waals surface area contributed by atoms with Crippen molar-refractivity contribution in [1.29, 1.82) is 0 Å². The van der Waals surface area contributed by atoms with Gasteiger partial charge in [-0.15, -0.1) is 0 Å². The lowest BCUT2D eigenvalue weighted by molar-refractivity contribution is 0.794. The fourth-order valence-electron chi connectivity index (χ4n) is 9.84. The Morgan fingerprint density at radius 2 is 0.820 bits per heavy atom. The molecule has 2 heterocycles. The van der Waals surface area contributed by atoms with Gasteiger partial charge in [-0.3, -0.25) is 0 Å². The van der Waals surface area contributed by atoms with Crippen LogP contribution in [0.5, 0.6) is 0 Å². The van der Waals surface area contributed by atoms with Crippen LogP contribution in [-0.4, -0.2) is 4.57 Å². The van der Waals surface area contributed by atoms with Crippen LogP contribution < -0.4 is 0 Å². The van der Waals surface area contributed by atoms with Gasteiger partial charge in [0, 0.05) is 21.9 Å². The van der Waals surface area contributed by atoms with E-state index in [1.807, 2.05) is 0 Å². The van der Waals surface area contributed by atoms with Gasteiger partial charge in [-0.1, -0.05) is 152 Å². The first-order valence-electron chi connectivity index (χ1n) is 17.5. The van der Waals surface area contributed by atoms with Gasteiger partial charge in [-0.2, -0.15) is 0 Å². The second kappa shape index (κ2) is 9.37. The molecule has 0 bridgehead atoms. The highest BCUT2D eigenvalue weighted by Gasteiger charge is 2.51. The van der Waals surface area contributed by atoms with Crippen molar-refractivity contribution in [1.82, 2.24) is 4.57 Å². The minimum Gasteiger partial charge on any atom is -0.308 e. The molecule has 1 spiro atoms. The van der Waals surface area contributed by atoms with Gasteiger partial charge in [0.1, 0.15) is 0 Å². The van der Waals surface area contributed by atoms with Crippen molar-refractivity contribution in [3.63, 3.8) is 0 Å². The van der Waals surface area contributed by atoms with Crippen LogP contribution in [0, 0.1) is 0 Å². The van der Waals surface area contributed by atoms with E-state index >= 15 is 0 Å². The van der Waals surface area contributed by atoms with E-state index in [-0.39, 0.29) is 5.41 Å². The first-order chi connectivity index (χ1) is 24.8. The predicted molar refractivity (Wildman–Crippen MR) is 207 cm³/mol. The summed E-state index contributed by atoms with van der Waals surface area (Å²) in [7, 11) is 0. The van der Waals surface area contributed by atoms with Crippen molar-refractivity contribution in [2.45, 2.75) is 5.41 Å². The van der Waals surface area contributed by atoms with Gasteiger partial charge in [-0.05, 0) is 91.0 Å². The number of rotatable bonds is 1. The van der Waals surface area contributed by atoms with E-state index in [1.54, 1.807) is 0 Å². The van der Waals surface area contributed by atoms with Crippen LogP contribution in [0.15, 0.2) is 176 Å². The normalized spacial score (nSPS) is 13.8. The maximum atomic E-state index is 2.50. The molecule has 0 saturated heterocycles. The summed E-state index contributed by atoms with van der Waals surface area (Å²) in [4.78, 5) is 0. The average Bonchev–Trinajstić information content (AvgIpc) is 3.76. The lowest BCUT2D eigenvalue weighted by Gasteiger charge is -2.30. The zero-order chi connectivity index (χ0) is 32.6. The molecule has 0 N–H and O–H groups in total. The van der Waals surface area contributed by atoms with E-state index in [0.29, 0.717) is 0 Å². The third-order valence-corrected chi connectivity index (χ3v) is 11.8. The largest absolute Gasteiger partial charge is 0.308 e. The minimum absolute atomic E-state index is 0.356. The Labute approximate surface area is 290 Å². The highest BCUT2D eigenvalue weighted by Crippen LogP contribution is 2.63. The van der Waals surface area contributed by atoms with Crippen molar-refractivity contribution >= 4 is 21.8 Å². The highest BCUT2D eigenvalue weighted by atomic mass is 15.0. The molecule has 0 amide bonds. The summed E-state index contributed by atoms with van der Waals surface area (Å²) in [6, 6.07) is 66.1. The van der Waals surface area contributed by atoms with Gasteiger partial charge in [0.2, 0.25) is 0 Å². The number of benzene rings is 8. The van der Waals surface area contributed by atoms with Crippen LogP contribution >= 0.6 is 0 Å². The molecule has 8 aromatic carbocycles. The van der Waals surface area contributed by atoms with Crippen LogP contribution in [0.1, 0.15) is 22.3 Å². The van der Waals surface area contributed by atoms with Gasteiger partial charge in [0.05, 0.1) is 22.1 Å². The first kappa shape index (κ1) is 26.5. The van der Waals surface area contributed by atoms with E-state index in [0.717, 1.165) is 0 Å². The number of nitrogens with zero attached hydrogens (tertiary/aromatic N) is 1. The van der Waals surface area contributed by atoms with Crippen LogP contribution in [0.25, 0.3) is 83.1 Å². The van der Waals surface area contributed by atoms with E-state index in [2.05, 4.69) is 180 Å². The lowest BCUT2D eigenvalue weighted by Crippen LogP contribution is -2.25. The van der Waals surface area contributed by atoms with Gasteiger partial charge in [0.25, 0.3) is 0 Å². The van der Waals surface area contributed by atoms with Crippen LogP contribution in [0.2, 0.25) is 0 Å². The standard InChI is InChI=1S/C49H29N/c1-2-13-33-32(12-1)39-18-11-19-40-38-17-6-10-23-46(38)50(48(39)40)47-27-25-30(28-41(33)47)31-24-26-37-36-16-5-9-22-44(36)49(45(37)29-31)42-20-7-3-14-34(42)35-15-4-8-21-43(35)49/h1-29H. The summed E-state index contributed by atoms with van der Waals surface area (Å²) in [5, 5.41) is 2.59. The molecule has 0 atom stereocenters. The average molecular weight is 632 g/mol. The van der Waals surface area contributed by atoms with Gasteiger partial charge in [0.15, 0.2) is 0 Å². The molecule has 1 aromatic heterocycles. The van der Waals surface area contributed by atoms with Crippen molar-refractivity contribution in [3.05, 3.63) is 198 Å². The molecular formula is C49H29N. The van der Waals surface area contributed by atoms with Gasteiger partial charge < -0.3 is 4.57 Å². The fourth-order valence-corrected chi connectivity index (χ4v) is 9.84. The molecule has 0 radical (unpaired) electrons. The Bertz CT molecular complexity index is 2870.